The van der Waals surface area contributed by atoms with Gasteiger partial charge in [-0.2, -0.15) is 0 Å². The third-order valence-corrected chi connectivity index (χ3v) is 6.99. The van der Waals surface area contributed by atoms with Gasteiger partial charge >= 0.3 is 0 Å². The van der Waals surface area contributed by atoms with Crippen LogP contribution in [0.2, 0.25) is 0 Å². The zero-order valence-corrected chi connectivity index (χ0v) is 14.9. The summed E-state index contributed by atoms with van der Waals surface area (Å²) >= 11 is 0. The lowest BCUT2D eigenvalue weighted by Gasteiger charge is -2.33. The second kappa shape index (κ2) is 4.63. The first-order valence-corrected chi connectivity index (χ1v) is 8.65. The Morgan fingerprint density at radius 3 is 2.12 bits per heavy atom. The summed E-state index contributed by atoms with van der Waals surface area (Å²) in [4.78, 5) is 0. The zero-order chi connectivity index (χ0) is 18.5. The number of aliphatic hydroxyl groups is 4. The molecule has 0 spiro atoms. The minimum Gasteiger partial charge on any atom is -0.389 e. The van der Waals surface area contributed by atoms with Crippen molar-refractivity contribution < 1.29 is 29.9 Å². The van der Waals surface area contributed by atoms with Gasteiger partial charge in [-0.15, -0.1) is 0 Å². The van der Waals surface area contributed by atoms with Crippen LogP contribution in [0.15, 0.2) is 30.3 Å². The zero-order valence-electron chi connectivity index (χ0n) is 14.9. The first-order chi connectivity index (χ1) is 11.5. The number of hydrogen-bond donors (Lipinski definition) is 4. The molecular weight excluding hydrogens is 324 g/mol. The molecule has 138 valence electrons. The number of benzene rings is 1. The summed E-state index contributed by atoms with van der Waals surface area (Å²) in [6, 6.07) is 9.45. The Hall–Kier alpha value is -1.02. The van der Waals surface area contributed by atoms with Crippen molar-refractivity contribution in [2.45, 2.75) is 69.6 Å². The minimum atomic E-state index is -1.81. The molecule has 1 aromatic carbocycles. The van der Waals surface area contributed by atoms with Crippen LogP contribution in [0, 0.1) is 10.8 Å². The van der Waals surface area contributed by atoms with Gasteiger partial charge in [0.2, 0.25) is 5.79 Å². The van der Waals surface area contributed by atoms with E-state index >= 15 is 0 Å². The number of aliphatic hydroxyl groups excluding tert-OH is 1. The number of hydrogen-bond acceptors (Lipinski definition) is 6. The van der Waals surface area contributed by atoms with Crippen LogP contribution in [0.25, 0.3) is 0 Å². The van der Waals surface area contributed by atoms with Crippen molar-refractivity contribution in [3.05, 3.63) is 35.9 Å². The highest BCUT2D eigenvalue weighted by Crippen LogP contribution is 2.75. The molecule has 1 aromatic rings. The quantitative estimate of drug-likeness (QED) is 0.633. The molecule has 0 radical (unpaired) electrons. The SMILES string of the molecule is CC1(C)C(O)[C@@]1(O)[C@H]1O[C@@]2(O)C(C)(C)[C@@]2(O)[C@H]1OCc1ccccc1. The van der Waals surface area contributed by atoms with Gasteiger partial charge in [0.1, 0.15) is 17.8 Å². The van der Waals surface area contributed by atoms with Crippen LogP contribution in [0.4, 0.5) is 0 Å². The van der Waals surface area contributed by atoms with E-state index < -0.39 is 46.1 Å². The van der Waals surface area contributed by atoms with E-state index in [1.807, 2.05) is 30.3 Å². The van der Waals surface area contributed by atoms with Gasteiger partial charge in [-0.05, 0) is 5.56 Å². The second-order valence-corrected chi connectivity index (χ2v) is 8.74. The third kappa shape index (κ3) is 1.71. The maximum absolute atomic E-state index is 11.1. The lowest BCUT2D eigenvalue weighted by molar-refractivity contribution is -0.214. The monoisotopic (exact) mass is 350 g/mol. The Kier molecular flexibility index (Phi) is 3.22. The first-order valence-electron chi connectivity index (χ1n) is 8.65. The van der Waals surface area contributed by atoms with Crippen molar-refractivity contribution in [2.75, 3.05) is 0 Å². The predicted octanol–water partition coefficient (Wildman–Crippen LogP) is 0.562. The molecule has 3 aliphatic rings. The van der Waals surface area contributed by atoms with Gasteiger partial charge in [0, 0.05) is 5.41 Å². The van der Waals surface area contributed by atoms with Gasteiger partial charge in [-0.1, -0.05) is 58.0 Å². The average Bonchev–Trinajstić information content (AvgIpc) is 3.03. The van der Waals surface area contributed by atoms with Crippen LogP contribution in [0.3, 0.4) is 0 Å². The van der Waals surface area contributed by atoms with Crippen molar-refractivity contribution in [1.29, 1.82) is 0 Å². The molecule has 4 N–H and O–H groups in total. The van der Waals surface area contributed by atoms with Gasteiger partial charge in [0.15, 0.2) is 5.60 Å². The average molecular weight is 350 g/mol. The first kappa shape index (κ1) is 17.4. The Morgan fingerprint density at radius 2 is 1.60 bits per heavy atom. The normalized spacial score (nSPS) is 48.9. The van der Waals surface area contributed by atoms with Crippen molar-refractivity contribution >= 4 is 0 Å². The molecule has 6 nitrogen and oxygen atoms in total. The predicted molar refractivity (Wildman–Crippen MR) is 88.3 cm³/mol. The molecule has 25 heavy (non-hydrogen) atoms. The Bertz CT molecular complexity index is 703. The highest BCUT2D eigenvalue weighted by atomic mass is 16.7. The molecular formula is C19H26O6. The third-order valence-electron chi connectivity index (χ3n) is 6.99. The highest BCUT2D eigenvalue weighted by Gasteiger charge is 2.96. The van der Waals surface area contributed by atoms with Crippen molar-refractivity contribution in [3.8, 4) is 0 Å². The van der Waals surface area contributed by atoms with E-state index in [0.717, 1.165) is 5.56 Å². The maximum atomic E-state index is 11.1. The molecule has 2 aliphatic carbocycles. The molecule has 3 fully saturated rings. The number of rotatable bonds is 4. The molecule has 1 heterocycles. The van der Waals surface area contributed by atoms with E-state index in [2.05, 4.69) is 0 Å². The van der Waals surface area contributed by atoms with E-state index in [4.69, 9.17) is 9.47 Å². The lowest BCUT2D eigenvalue weighted by Crippen LogP contribution is -2.50. The molecule has 6 atom stereocenters. The summed E-state index contributed by atoms with van der Waals surface area (Å²) in [5, 5.41) is 43.1. The van der Waals surface area contributed by atoms with Gasteiger partial charge in [0.25, 0.3) is 0 Å². The maximum Gasteiger partial charge on any atom is 0.207 e. The van der Waals surface area contributed by atoms with Gasteiger partial charge < -0.3 is 29.9 Å². The van der Waals surface area contributed by atoms with Crippen LogP contribution in [0.5, 0.6) is 0 Å². The van der Waals surface area contributed by atoms with Crippen LogP contribution >= 0.6 is 0 Å². The second-order valence-electron chi connectivity index (χ2n) is 8.74. The molecule has 6 heteroatoms. The highest BCUT2D eigenvalue weighted by molar-refractivity contribution is 5.40. The standard InChI is InChI=1S/C19H26O6/c1-15(2)14(20)17(15,21)12-13(24-10-11-8-6-5-7-9-11)18(22)16(3,4)19(18,23)25-12/h5-9,12-14,20-23H,10H2,1-4H3/t12-,13-,14?,17-,18-,19-/m0/s1. The molecule has 1 saturated heterocycles. The van der Waals surface area contributed by atoms with Gasteiger partial charge in [0.05, 0.1) is 18.1 Å². The topological polar surface area (TPSA) is 99.4 Å². The molecule has 4 rings (SSSR count). The van der Waals surface area contributed by atoms with E-state index in [9.17, 15) is 20.4 Å². The van der Waals surface area contributed by atoms with Crippen LogP contribution in [-0.2, 0) is 16.1 Å². The summed E-state index contributed by atoms with van der Waals surface area (Å²) in [6.45, 7) is 7.03. The van der Waals surface area contributed by atoms with E-state index in [-0.39, 0.29) is 6.61 Å². The van der Waals surface area contributed by atoms with Crippen LogP contribution in [0.1, 0.15) is 33.3 Å². The van der Waals surface area contributed by atoms with E-state index in [1.54, 1.807) is 27.7 Å². The molecule has 2 saturated carbocycles. The van der Waals surface area contributed by atoms with Crippen LogP contribution in [-0.4, -0.2) is 55.7 Å². The summed E-state index contributed by atoms with van der Waals surface area (Å²) in [5.41, 5.74) is -4.06. The summed E-state index contributed by atoms with van der Waals surface area (Å²) in [5.74, 6) is -1.81. The Balaban J connectivity index is 1.64. The van der Waals surface area contributed by atoms with Crippen LogP contribution < -0.4 is 0 Å². The summed E-state index contributed by atoms with van der Waals surface area (Å²) in [6.07, 6.45) is -3.00. The van der Waals surface area contributed by atoms with E-state index in [1.165, 1.54) is 0 Å². The minimum absolute atomic E-state index is 0.201. The van der Waals surface area contributed by atoms with Gasteiger partial charge in [-0.25, -0.2) is 0 Å². The summed E-state index contributed by atoms with van der Waals surface area (Å²) in [7, 11) is 0. The number of ether oxygens (including phenoxy) is 2. The van der Waals surface area contributed by atoms with Crippen molar-refractivity contribution in [2.24, 2.45) is 10.8 Å². The van der Waals surface area contributed by atoms with Crippen molar-refractivity contribution in [1.82, 2.24) is 0 Å². The lowest BCUT2D eigenvalue weighted by atomic mass is 9.90. The van der Waals surface area contributed by atoms with E-state index in [0.29, 0.717) is 0 Å². The fourth-order valence-electron chi connectivity index (χ4n) is 4.63. The molecule has 0 aromatic heterocycles. The van der Waals surface area contributed by atoms with Crippen molar-refractivity contribution in [3.63, 3.8) is 0 Å². The molecule has 1 unspecified atom stereocenters. The smallest absolute Gasteiger partial charge is 0.207 e. The fourth-order valence-corrected chi connectivity index (χ4v) is 4.63. The Morgan fingerprint density at radius 1 is 1.04 bits per heavy atom. The van der Waals surface area contributed by atoms with Gasteiger partial charge in [-0.3, -0.25) is 0 Å². The molecule has 0 amide bonds. The summed E-state index contributed by atoms with van der Waals surface area (Å²) < 4.78 is 11.7. The molecule has 0 bridgehead atoms. The molecule has 1 aliphatic heterocycles. The largest absolute Gasteiger partial charge is 0.389 e. The fraction of sp³-hybridized carbons (Fsp3) is 0.684. The number of fused-ring (bicyclic) bond motifs is 1. The Labute approximate surface area is 147 Å².